The van der Waals surface area contributed by atoms with Gasteiger partial charge in [-0.05, 0) is 36.4 Å². The highest BCUT2D eigenvalue weighted by atomic mass is 32.2. The Hall–Kier alpha value is -3.06. The zero-order valence-corrected chi connectivity index (χ0v) is 15.5. The second-order valence-corrected chi connectivity index (χ2v) is 7.90. The summed E-state index contributed by atoms with van der Waals surface area (Å²) in [6, 6.07) is 18.7. The van der Waals surface area contributed by atoms with Crippen LogP contribution in [0.4, 0.5) is 0 Å². The number of sulfonamides is 1. The molecule has 1 aliphatic heterocycles. The number of hydrogen-bond donors (Lipinski definition) is 0. The molecular weight excluding hydrogens is 364 g/mol. The van der Waals surface area contributed by atoms with Gasteiger partial charge in [-0.1, -0.05) is 30.3 Å². The lowest BCUT2D eigenvalue weighted by Crippen LogP contribution is -2.27. The molecule has 1 aromatic heterocycles. The summed E-state index contributed by atoms with van der Waals surface area (Å²) in [6.45, 7) is 0. The van der Waals surface area contributed by atoms with Gasteiger partial charge in [0.1, 0.15) is 17.6 Å². The van der Waals surface area contributed by atoms with Crippen molar-refractivity contribution in [2.24, 2.45) is 5.10 Å². The fourth-order valence-corrected chi connectivity index (χ4v) is 4.52. The van der Waals surface area contributed by atoms with Crippen LogP contribution in [0.3, 0.4) is 0 Å². The van der Waals surface area contributed by atoms with Crippen LogP contribution in [0.1, 0.15) is 23.8 Å². The van der Waals surface area contributed by atoms with E-state index in [4.69, 9.17) is 9.15 Å². The van der Waals surface area contributed by atoms with E-state index in [2.05, 4.69) is 5.10 Å². The van der Waals surface area contributed by atoms with Crippen LogP contribution in [0.25, 0.3) is 0 Å². The third-order valence-electron chi connectivity index (χ3n) is 4.43. The Morgan fingerprint density at radius 2 is 1.89 bits per heavy atom. The van der Waals surface area contributed by atoms with Crippen molar-refractivity contribution >= 4 is 15.7 Å². The Bertz CT molecular complexity index is 1060. The first kappa shape index (κ1) is 17.4. The van der Waals surface area contributed by atoms with Gasteiger partial charge in [0.25, 0.3) is 10.0 Å². The quantitative estimate of drug-likeness (QED) is 0.672. The van der Waals surface area contributed by atoms with Crippen LogP contribution >= 0.6 is 0 Å². The first-order valence-electron chi connectivity index (χ1n) is 8.44. The van der Waals surface area contributed by atoms with Gasteiger partial charge < -0.3 is 9.15 Å². The van der Waals surface area contributed by atoms with Gasteiger partial charge in [-0.15, -0.1) is 0 Å². The molecule has 27 heavy (non-hydrogen) atoms. The minimum Gasteiger partial charge on any atom is -0.497 e. The van der Waals surface area contributed by atoms with E-state index in [1.165, 1.54) is 6.26 Å². The Morgan fingerprint density at radius 1 is 1.07 bits per heavy atom. The summed E-state index contributed by atoms with van der Waals surface area (Å²) in [7, 11) is -2.23. The maximum absolute atomic E-state index is 13.2. The maximum atomic E-state index is 13.2. The highest BCUT2D eigenvalue weighted by Crippen LogP contribution is 2.37. The van der Waals surface area contributed by atoms with E-state index >= 15 is 0 Å². The molecule has 3 aromatic rings. The predicted octanol–water partition coefficient (Wildman–Crippen LogP) is 3.83. The van der Waals surface area contributed by atoms with Gasteiger partial charge in [0.05, 0.1) is 24.0 Å². The van der Waals surface area contributed by atoms with Gasteiger partial charge in [-0.2, -0.15) is 17.9 Å². The van der Waals surface area contributed by atoms with Gasteiger partial charge >= 0.3 is 0 Å². The number of hydrogen-bond acceptors (Lipinski definition) is 5. The summed E-state index contributed by atoms with van der Waals surface area (Å²) in [5.41, 5.74) is 1.48. The highest BCUT2D eigenvalue weighted by Gasteiger charge is 2.39. The van der Waals surface area contributed by atoms with Crippen LogP contribution in [0.2, 0.25) is 0 Å². The van der Waals surface area contributed by atoms with Crippen LogP contribution in [-0.2, 0) is 10.0 Å². The third kappa shape index (κ3) is 3.21. The molecule has 7 heteroatoms. The van der Waals surface area contributed by atoms with Crippen molar-refractivity contribution in [2.45, 2.75) is 17.4 Å². The van der Waals surface area contributed by atoms with Crippen LogP contribution < -0.4 is 4.74 Å². The van der Waals surface area contributed by atoms with Gasteiger partial charge in [0.15, 0.2) is 0 Å². The summed E-state index contributed by atoms with van der Waals surface area (Å²) in [5.74, 6) is 1.24. The SMILES string of the molecule is COc1cccc(C2=NN(S(=O)(=O)c3ccccc3)[C@@H](c3ccco3)C2)c1. The average Bonchev–Trinajstić information content (AvgIpc) is 3.38. The molecule has 0 saturated heterocycles. The van der Waals surface area contributed by atoms with Crippen molar-refractivity contribution in [3.8, 4) is 5.75 Å². The monoisotopic (exact) mass is 382 g/mol. The highest BCUT2D eigenvalue weighted by molar-refractivity contribution is 7.89. The number of hydrazone groups is 1. The molecule has 2 heterocycles. The summed E-state index contributed by atoms with van der Waals surface area (Å²) >= 11 is 0. The van der Waals surface area contributed by atoms with E-state index in [-0.39, 0.29) is 4.90 Å². The number of nitrogens with zero attached hydrogens (tertiary/aromatic N) is 2. The Balaban J connectivity index is 1.79. The van der Waals surface area contributed by atoms with Crippen molar-refractivity contribution in [2.75, 3.05) is 7.11 Å². The molecule has 6 nitrogen and oxygen atoms in total. The number of rotatable bonds is 5. The molecule has 0 unspecified atom stereocenters. The van der Waals surface area contributed by atoms with Crippen LogP contribution in [-0.4, -0.2) is 25.7 Å². The van der Waals surface area contributed by atoms with Crippen molar-refractivity contribution < 1.29 is 17.6 Å². The molecule has 0 saturated carbocycles. The summed E-state index contributed by atoms with van der Waals surface area (Å²) in [5, 5.41) is 4.47. The lowest BCUT2D eigenvalue weighted by molar-refractivity contribution is 0.320. The van der Waals surface area contributed by atoms with E-state index in [9.17, 15) is 8.42 Å². The van der Waals surface area contributed by atoms with Gasteiger partial charge in [-0.3, -0.25) is 0 Å². The van der Waals surface area contributed by atoms with E-state index in [0.29, 0.717) is 23.6 Å². The molecule has 0 fully saturated rings. The zero-order chi connectivity index (χ0) is 18.9. The van der Waals surface area contributed by atoms with Gasteiger partial charge in [0.2, 0.25) is 0 Å². The molecule has 0 N–H and O–H groups in total. The lowest BCUT2D eigenvalue weighted by Gasteiger charge is -2.21. The van der Waals surface area contributed by atoms with Crippen molar-refractivity contribution in [3.05, 3.63) is 84.3 Å². The molecule has 0 amide bonds. The number of furan rings is 1. The Kier molecular flexibility index (Phi) is 4.45. The second-order valence-electron chi connectivity index (χ2n) is 6.10. The zero-order valence-electron chi connectivity index (χ0n) is 14.6. The molecule has 2 aromatic carbocycles. The standard InChI is InChI=1S/C20H18N2O4S/c1-25-16-8-5-7-15(13-16)18-14-19(20-11-6-12-26-20)22(21-18)27(23,24)17-9-3-2-4-10-17/h2-13,19H,14H2,1H3/t19-/m1/s1. The third-order valence-corrected chi connectivity index (χ3v) is 6.13. The molecule has 0 bridgehead atoms. The van der Waals surface area contributed by atoms with Crippen molar-refractivity contribution in [1.82, 2.24) is 4.41 Å². The second kappa shape index (κ2) is 6.92. The molecule has 4 rings (SSSR count). The van der Waals surface area contributed by atoms with Crippen LogP contribution in [0.15, 0.2) is 87.4 Å². The van der Waals surface area contributed by atoms with E-state index < -0.39 is 16.1 Å². The predicted molar refractivity (Wildman–Crippen MR) is 101 cm³/mol. The fourth-order valence-electron chi connectivity index (χ4n) is 3.08. The minimum absolute atomic E-state index is 0.192. The first-order chi connectivity index (χ1) is 13.1. The largest absolute Gasteiger partial charge is 0.497 e. The topological polar surface area (TPSA) is 72.1 Å². The molecule has 1 atom stereocenters. The smallest absolute Gasteiger partial charge is 0.279 e. The summed E-state index contributed by atoms with van der Waals surface area (Å²) in [6.07, 6.45) is 1.94. The van der Waals surface area contributed by atoms with Crippen LogP contribution in [0, 0.1) is 0 Å². The van der Waals surface area contributed by atoms with E-state index in [1.807, 2.05) is 24.3 Å². The summed E-state index contributed by atoms with van der Waals surface area (Å²) in [4.78, 5) is 0.192. The number of methoxy groups -OCH3 is 1. The fraction of sp³-hybridized carbons (Fsp3) is 0.150. The number of ether oxygens (including phenoxy) is 1. The molecule has 0 aliphatic carbocycles. The summed E-state index contributed by atoms with van der Waals surface area (Å²) < 4.78 is 38.3. The molecule has 0 spiro atoms. The van der Waals surface area contributed by atoms with Crippen LogP contribution in [0.5, 0.6) is 5.75 Å². The van der Waals surface area contributed by atoms with E-state index in [1.54, 1.807) is 49.6 Å². The minimum atomic E-state index is -3.82. The van der Waals surface area contributed by atoms with E-state index in [0.717, 1.165) is 9.98 Å². The Morgan fingerprint density at radius 3 is 2.59 bits per heavy atom. The van der Waals surface area contributed by atoms with Gasteiger partial charge in [0, 0.05) is 12.0 Å². The first-order valence-corrected chi connectivity index (χ1v) is 9.88. The number of benzene rings is 2. The molecule has 0 radical (unpaired) electrons. The molecule has 138 valence electrons. The molecule has 1 aliphatic rings. The molecular formula is C20H18N2O4S. The average molecular weight is 382 g/mol. The lowest BCUT2D eigenvalue weighted by atomic mass is 10.0. The van der Waals surface area contributed by atoms with Crippen molar-refractivity contribution in [1.29, 1.82) is 0 Å². The normalized spacial score (nSPS) is 17.0. The van der Waals surface area contributed by atoms with Crippen molar-refractivity contribution in [3.63, 3.8) is 0 Å². The maximum Gasteiger partial charge on any atom is 0.279 e. The van der Waals surface area contributed by atoms with Gasteiger partial charge in [-0.25, -0.2) is 0 Å². The Labute approximate surface area is 157 Å².